The monoisotopic (exact) mass is 372 g/mol. The zero-order chi connectivity index (χ0) is 18.9. The quantitative estimate of drug-likeness (QED) is 0.405. The number of nitrogens with one attached hydrogen (secondary N) is 1. The van der Waals surface area contributed by atoms with Crippen LogP contribution in [0.2, 0.25) is 0 Å². The van der Waals surface area contributed by atoms with Crippen LogP contribution in [0.15, 0.2) is 24.5 Å². The van der Waals surface area contributed by atoms with Crippen molar-refractivity contribution in [2.24, 2.45) is 0 Å². The lowest BCUT2D eigenvalue weighted by molar-refractivity contribution is -0.123. The second-order valence-electron chi connectivity index (χ2n) is 6.64. The molecule has 7 nitrogen and oxygen atoms in total. The number of phosphoric acid groups is 1. The molecule has 1 aromatic rings. The smallest absolute Gasteiger partial charge is 0.346 e. The number of carbonyl (C=O) groups is 1. The predicted molar refractivity (Wildman–Crippen MR) is 95.7 cm³/mol. The first kappa shape index (κ1) is 21.8. The van der Waals surface area contributed by atoms with Gasteiger partial charge in [-0.3, -0.25) is 14.3 Å². The van der Waals surface area contributed by atoms with Crippen LogP contribution in [0, 0.1) is 0 Å². The van der Waals surface area contributed by atoms with Crippen molar-refractivity contribution in [1.82, 2.24) is 10.3 Å². The molecule has 142 valence electrons. The molecular formula is C17H29N2O5P. The molecule has 1 unspecified atom stereocenters. The number of hydrogen-bond acceptors (Lipinski definition) is 4. The summed E-state index contributed by atoms with van der Waals surface area (Å²) in [5.41, 5.74) is -0.680. The molecule has 0 bridgehead atoms. The molecule has 1 amide bonds. The number of carbonyl (C=O) groups excluding carboxylic acids is 1. The van der Waals surface area contributed by atoms with Crippen LogP contribution in [0.25, 0.3) is 0 Å². The first-order valence-corrected chi connectivity index (χ1v) is 10.1. The summed E-state index contributed by atoms with van der Waals surface area (Å²) < 4.78 is 16.2. The van der Waals surface area contributed by atoms with Crippen molar-refractivity contribution < 1.29 is 23.7 Å². The highest BCUT2D eigenvalue weighted by Gasteiger charge is 2.38. The van der Waals surface area contributed by atoms with E-state index in [9.17, 15) is 9.36 Å². The van der Waals surface area contributed by atoms with E-state index in [4.69, 9.17) is 14.3 Å². The first-order valence-electron chi connectivity index (χ1n) is 8.61. The zero-order valence-electron chi connectivity index (χ0n) is 15.1. The van der Waals surface area contributed by atoms with Gasteiger partial charge in [-0.05, 0) is 31.9 Å². The highest BCUT2D eigenvalue weighted by Crippen LogP contribution is 2.45. The summed E-state index contributed by atoms with van der Waals surface area (Å²) in [5.74, 6) is -0.173. The van der Waals surface area contributed by atoms with Crippen LogP contribution < -0.4 is 5.32 Å². The normalized spacial score (nSPS) is 13.5. The number of rotatable bonds is 11. The number of nitrogens with zero attached hydrogens (tertiary/aromatic N) is 1. The Morgan fingerprint density at radius 3 is 2.56 bits per heavy atom. The van der Waals surface area contributed by atoms with E-state index in [1.54, 1.807) is 24.5 Å². The molecule has 0 saturated carbocycles. The van der Waals surface area contributed by atoms with E-state index in [1.807, 2.05) is 0 Å². The summed E-state index contributed by atoms with van der Waals surface area (Å²) in [4.78, 5) is 34.6. The lowest BCUT2D eigenvalue weighted by atomic mass is 9.92. The molecule has 1 heterocycles. The Bertz CT molecular complexity index is 574. The molecule has 25 heavy (non-hydrogen) atoms. The van der Waals surface area contributed by atoms with Gasteiger partial charge in [-0.2, -0.15) is 0 Å². The average molecular weight is 372 g/mol. The molecular weight excluding hydrogens is 343 g/mol. The van der Waals surface area contributed by atoms with Crippen molar-refractivity contribution >= 4 is 13.7 Å². The van der Waals surface area contributed by atoms with Gasteiger partial charge >= 0.3 is 7.82 Å². The number of phosphoric ester groups is 1. The van der Waals surface area contributed by atoms with Crippen molar-refractivity contribution in [3.8, 4) is 0 Å². The Hall–Kier alpha value is -1.27. The molecule has 0 radical (unpaired) electrons. The fourth-order valence-electron chi connectivity index (χ4n) is 2.69. The van der Waals surface area contributed by atoms with Gasteiger partial charge in [-0.15, -0.1) is 0 Å². The second kappa shape index (κ2) is 10.0. The minimum atomic E-state index is -4.71. The SMILES string of the molecule is CCCCCCCC(=O)NC(c1cccnc1)C(C)(C)OP(=O)(O)O. The standard InChI is InChI=1S/C17H29N2O5P/c1-4-5-6-7-8-11-15(20)19-16(14-10-9-12-18-13-14)17(2,3)24-25(21,22)23/h9-10,12-13,16H,4-8,11H2,1-3H3,(H,19,20)(H2,21,22,23). The molecule has 3 N–H and O–H groups in total. The lowest BCUT2D eigenvalue weighted by Gasteiger charge is -2.34. The minimum absolute atomic E-state index is 0.173. The van der Waals surface area contributed by atoms with Crippen LogP contribution in [0.4, 0.5) is 0 Å². The molecule has 0 aromatic carbocycles. The molecule has 1 atom stereocenters. The lowest BCUT2D eigenvalue weighted by Crippen LogP contribution is -2.43. The molecule has 0 saturated heterocycles. The summed E-state index contributed by atoms with van der Waals surface area (Å²) in [6.07, 6.45) is 8.68. The van der Waals surface area contributed by atoms with Gasteiger partial charge in [0.05, 0.1) is 11.6 Å². The van der Waals surface area contributed by atoms with Gasteiger partial charge in [-0.25, -0.2) is 4.57 Å². The number of hydrogen-bond donors (Lipinski definition) is 3. The van der Waals surface area contributed by atoms with E-state index in [1.165, 1.54) is 13.8 Å². The van der Waals surface area contributed by atoms with E-state index in [-0.39, 0.29) is 5.91 Å². The van der Waals surface area contributed by atoms with Crippen LogP contribution >= 0.6 is 7.82 Å². The fraction of sp³-hybridized carbons (Fsp3) is 0.647. The summed E-state index contributed by atoms with van der Waals surface area (Å²) in [5, 5.41) is 2.84. The maximum Gasteiger partial charge on any atom is 0.470 e. The van der Waals surface area contributed by atoms with E-state index in [0.29, 0.717) is 12.0 Å². The van der Waals surface area contributed by atoms with Crippen LogP contribution in [0.1, 0.15) is 70.9 Å². The van der Waals surface area contributed by atoms with Crippen molar-refractivity contribution in [3.05, 3.63) is 30.1 Å². The van der Waals surface area contributed by atoms with Crippen molar-refractivity contribution in [1.29, 1.82) is 0 Å². The molecule has 8 heteroatoms. The van der Waals surface area contributed by atoms with E-state index >= 15 is 0 Å². The third kappa shape index (κ3) is 8.59. The zero-order valence-corrected chi connectivity index (χ0v) is 16.0. The Morgan fingerprint density at radius 1 is 1.32 bits per heavy atom. The third-order valence-electron chi connectivity index (χ3n) is 3.88. The Labute approximate surface area is 149 Å². The van der Waals surface area contributed by atoms with Gasteiger partial charge in [0.2, 0.25) is 5.91 Å². The van der Waals surface area contributed by atoms with Crippen LogP contribution in [-0.4, -0.2) is 26.3 Å². The van der Waals surface area contributed by atoms with Crippen LogP contribution in [0.3, 0.4) is 0 Å². The van der Waals surface area contributed by atoms with Crippen LogP contribution in [-0.2, 0) is 13.9 Å². The molecule has 1 rings (SSSR count). The summed E-state index contributed by atoms with van der Waals surface area (Å²) >= 11 is 0. The molecule has 0 spiro atoms. The van der Waals surface area contributed by atoms with Gasteiger partial charge in [0.25, 0.3) is 0 Å². The first-order chi connectivity index (χ1) is 11.7. The van der Waals surface area contributed by atoms with Crippen molar-refractivity contribution in [2.45, 2.75) is 70.9 Å². The van der Waals surface area contributed by atoms with E-state index in [0.717, 1.165) is 32.1 Å². The Balaban J connectivity index is 2.79. The molecule has 0 aliphatic carbocycles. The Morgan fingerprint density at radius 2 is 2.00 bits per heavy atom. The van der Waals surface area contributed by atoms with Gasteiger partial charge < -0.3 is 15.1 Å². The topological polar surface area (TPSA) is 109 Å². The number of aromatic nitrogens is 1. The molecule has 1 aromatic heterocycles. The van der Waals surface area contributed by atoms with Gasteiger partial charge in [0, 0.05) is 18.8 Å². The number of amides is 1. The summed E-state index contributed by atoms with van der Waals surface area (Å²) in [6.45, 7) is 5.20. The van der Waals surface area contributed by atoms with Crippen molar-refractivity contribution in [3.63, 3.8) is 0 Å². The second-order valence-corrected chi connectivity index (χ2v) is 7.80. The molecule has 0 fully saturated rings. The maximum atomic E-state index is 12.3. The number of pyridine rings is 1. The van der Waals surface area contributed by atoms with Crippen molar-refractivity contribution in [2.75, 3.05) is 0 Å². The highest BCUT2D eigenvalue weighted by molar-refractivity contribution is 7.46. The maximum absolute atomic E-state index is 12.3. The minimum Gasteiger partial charge on any atom is -0.346 e. The Kier molecular flexibility index (Phi) is 8.73. The highest BCUT2D eigenvalue weighted by atomic mass is 31.2. The summed E-state index contributed by atoms with van der Waals surface area (Å²) in [6, 6.07) is 2.72. The average Bonchev–Trinajstić information content (AvgIpc) is 2.51. The largest absolute Gasteiger partial charge is 0.470 e. The van der Waals surface area contributed by atoms with Crippen LogP contribution in [0.5, 0.6) is 0 Å². The fourth-order valence-corrected chi connectivity index (χ4v) is 3.41. The van der Waals surface area contributed by atoms with Gasteiger partial charge in [0.1, 0.15) is 0 Å². The van der Waals surface area contributed by atoms with E-state index < -0.39 is 19.5 Å². The predicted octanol–water partition coefficient (Wildman–Crippen LogP) is 3.49. The summed E-state index contributed by atoms with van der Waals surface area (Å²) in [7, 11) is -4.71. The molecule has 0 aliphatic heterocycles. The van der Waals surface area contributed by atoms with Gasteiger partial charge in [0.15, 0.2) is 0 Å². The van der Waals surface area contributed by atoms with E-state index in [2.05, 4.69) is 17.2 Å². The number of unbranched alkanes of at least 4 members (excludes halogenated alkanes) is 4. The molecule has 0 aliphatic rings. The van der Waals surface area contributed by atoms with Gasteiger partial charge in [-0.1, -0.05) is 38.7 Å². The third-order valence-corrected chi connectivity index (χ3v) is 4.59.